The molecule has 3 nitrogen and oxygen atoms in total. The molecule has 0 radical (unpaired) electrons. The maximum absolute atomic E-state index is 12.3. The Morgan fingerprint density at radius 1 is 0.955 bits per heavy atom. The van der Waals surface area contributed by atoms with Crippen LogP contribution in [-0.4, -0.2) is 13.9 Å². The molecular weight excluding hydrogens is 317 g/mol. The molecule has 0 heterocycles. The minimum absolute atomic E-state index is 0.0816. The van der Waals surface area contributed by atoms with Gasteiger partial charge in [0.15, 0.2) is 0 Å². The monoisotopic (exact) mass is 338 g/mol. The summed E-state index contributed by atoms with van der Waals surface area (Å²) >= 11 is 0. The van der Waals surface area contributed by atoms with Crippen LogP contribution < -0.4 is 4.18 Å². The van der Waals surface area contributed by atoms with Gasteiger partial charge in [-0.3, -0.25) is 0 Å². The lowest BCUT2D eigenvalue weighted by Crippen LogP contribution is -2.28. The Balaban J connectivity index is 2.97. The average molecular weight is 338 g/mol. The summed E-state index contributed by atoms with van der Waals surface area (Å²) in [5.74, 6) is -0.354. The van der Waals surface area contributed by atoms with Gasteiger partial charge in [-0.05, 0) is 34.9 Å². The van der Waals surface area contributed by atoms with Crippen molar-refractivity contribution in [3.05, 3.63) is 29.8 Å². The fourth-order valence-electron chi connectivity index (χ4n) is 2.56. The molecule has 1 rings (SSSR count). The van der Waals surface area contributed by atoms with Crippen molar-refractivity contribution >= 4 is 10.1 Å². The molecule has 22 heavy (non-hydrogen) atoms. The van der Waals surface area contributed by atoms with Gasteiger partial charge in [-0.15, -0.1) is 0 Å². The van der Waals surface area contributed by atoms with Gasteiger partial charge in [0.05, 0.1) is 0 Å². The third-order valence-corrected chi connectivity index (χ3v) is 4.08. The smallest absolute Gasteiger partial charge is 0.376 e. The zero-order valence-electron chi connectivity index (χ0n) is 13.3. The van der Waals surface area contributed by atoms with Crippen molar-refractivity contribution in [2.45, 2.75) is 52.0 Å². The number of alkyl halides is 3. The van der Waals surface area contributed by atoms with Crippen LogP contribution in [-0.2, 0) is 15.5 Å². The highest BCUT2D eigenvalue weighted by Crippen LogP contribution is 2.37. The maximum Gasteiger partial charge on any atom is 0.534 e. The summed E-state index contributed by atoms with van der Waals surface area (Å²) in [6, 6.07) is 5.66. The molecular formula is C15H21F3O3S. The molecule has 0 unspecified atom stereocenters. The third kappa shape index (κ3) is 4.90. The lowest BCUT2D eigenvalue weighted by molar-refractivity contribution is -0.0500. The molecule has 0 saturated carbocycles. The molecule has 7 heteroatoms. The van der Waals surface area contributed by atoms with Crippen molar-refractivity contribution in [2.24, 2.45) is 5.41 Å². The summed E-state index contributed by atoms with van der Waals surface area (Å²) in [4.78, 5) is 0. The van der Waals surface area contributed by atoms with Crippen LogP contribution in [0.25, 0.3) is 0 Å². The largest absolute Gasteiger partial charge is 0.534 e. The van der Waals surface area contributed by atoms with Gasteiger partial charge in [-0.2, -0.15) is 21.6 Å². The van der Waals surface area contributed by atoms with E-state index in [4.69, 9.17) is 0 Å². The number of hydrogen-bond acceptors (Lipinski definition) is 3. The minimum atomic E-state index is -5.63. The third-order valence-electron chi connectivity index (χ3n) is 3.10. The molecule has 126 valence electrons. The van der Waals surface area contributed by atoms with E-state index in [9.17, 15) is 21.6 Å². The first kappa shape index (κ1) is 18.8. The molecule has 0 bridgehead atoms. The Kier molecular flexibility index (Phi) is 4.92. The normalized spacial score (nSPS) is 14.0. The Morgan fingerprint density at radius 3 is 1.77 bits per heavy atom. The molecule has 0 amide bonds. The zero-order chi connectivity index (χ0) is 17.4. The molecule has 1 aromatic carbocycles. The van der Waals surface area contributed by atoms with Gasteiger partial charge in [0.1, 0.15) is 5.75 Å². The highest BCUT2D eigenvalue weighted by Gasteiger charge is 2.48. The van der Waals surface area contributed by atoms with Gasteiger partial charge < -0.3 is 4.18 Å². The van der Waals surface area contributed by atoms with E-state index in [1.807, 2.05) is 13.8 Å². The van der Waals surface area contributed by atoms with E-state index in [0.29, 0.717) is 0 Å². The van der Waals surface area contributed by atoms with Gasteiger partial charge >= 0.3 is 15.6 Å². The second-order valence-corrected chi connectivity index (χ2v) is 8.67. The highest BCUT2D eigenvalue weighted by molar-refractivity contribution is 7.87. The highest BCUT2D eigenvalue weighted by atomic mass is 32.2. The minimum Gasteiger partial charge on any atom is -0.376 e. The van der Waals surface area contributed by atoms with Crippen molar-refractivity contribution in [1.82, 2.24) is 0 Å². The lowest BCUT2D eigenvalue weighted by Gasteiger charge is -2.33. The molecule has 0 N–H and O–H groups in total. The van der Waals surface area contributed by atoms with E-state index in [1.165, 1.54) is 12.1 Å². The van der Waals surface area contributed by atoms with E-state index in [-0.39, 0.29) is 16.6 Å². The van der Waals surface area contributed by atoms with E-state index in [0.717, 1.165) is 12.0 Å². The first-order valence-corrected chi connectivity index (χ1v) is 8.16. The number of benzene rings is 1. The molecule has 0 saturated heterocycles. The summed E-state index contributed by atoms with van der Waals surface area (Å²) in [5, 5.41) is 0. The number of rotatable bonds is 4. The van der Waals surface area contributed by atoms with Crippen LogP contribution in [0.2, 0.25) is 0 Å². The Hall–Kier alpha value is -1.24. The van der Waals surface area contributed by atoms with Crippen molar-refractivity contribution < 1.29 is 25.8 Å². The van der Waals surface area contributed by atoms with Crippen molar-refractivity contribution in [3.8, 4) is 5.75 Å². The standard InChI is InChI=1S/C15H21F3O3S/c1-13(2,3)10-14(4,5)11-6-8-12(9-7-11)21-22(19,20)15(16,17)18/h6-9H,10H2,1-5H3. The molecule has 1 aromatic rings. The van der Waals surface area contributed by atoms with Crippen LogP contribution >= 0.6 is 0 Å². The van der Waals surface area contributed by atoms with Crippen LogP contribution in [0.3, 0.4) is 0 Å². The van der Waals surface area contributed by atoms with Gasteiger partial charge in [0, 0.05) is 0 Å². The molecule has 0 aromatic heterocycles. The fraction of sp³-hybridized carbons (Fsp3) is 0.600. The Labute approximate surface area is 129 Å². The second kappa shape index (κ2) is 5.76. The molecule has 0 fully saturated rings. The van der Waals surface area contributed by atoms with Crippen molar-refractivity contribution in [3.63, 3.8) is 0 Å². The molecule has 0 aliphatic carbocycles. The molecule has 0 aliphatic heterocycles. The average Bonchev–Trinajstić information content (AvgIpc) is 2.24. The maximum atomic E-state index is 12.3. The predicted octanol–water partition coefficient (Wildman–Crippen LogP) is 4.63. The number of halogens is 3. The first-order valence-electron chi connectivity index (χ1n) is 6.75. The topological polar surface area (TPSA) is 43.4 Å². The fourth-order valence-corrected chi connectivity index (χ4v) is 3.02. The van der Waals surface area contributed by atoms with Crippen LogP contribution in [0, 0.1) is 5.41 Å². The van der Waals surface area contributed by atoms with Gasteiger partial charge in [0.2, 0.25) is 0 Å². The first-order chi connectivity index (χ1) is 9.64. The lowest BCUT2D eigenvalue weighted by atomic mass is 9.72. The van der Waals surface area contributed by atoms with Crippen LogP contribution in [0.5, 0.6) is 5.75 Å². The van der Waals surface area contributed by atoms with E-state index in [2.05, 4.69) is 25.0 Å². The molecule has 0 atom stereocenters. The van der Waals surface area contributed by atoms with Crippen molar-refractivity contribution in [2.75, 3.05) is 0 Å². The summed E-state index contributed by atoms with van der Waals surface area (Å²) in [7, 11) is -5.63. The van der Waals surface area contributed by atoms with Crippen LogP contribution in [0.1, 0.15) is 46.6 Å². The van der Waals surface area contributed by atoms with Crippen molar-refractivity contribution in [1.29, 1.82) is 0 Å². The number of hydrogen-bond donors (Lipinski definition) is 0. The summed E-state index contributed by atoms with van der Waals surface area (Å²) < 4.78 is 62.8. The Bertz CT molecular complexity index is 609. The van der Waals surface area contributed by atoms with Gasteiger partial charge in [-0.25, -0.2) is 0 Å². The predicted molar refractivity (Wildman–Crippen MR) is 79.1 cm³/mol. The van der Waals surface area contributed by atoms with E-state index >= 15 is 0 Å². The summed E-state index contributed by atoms with van der Waals surface area (Å²) in [5.41, 5.74) is -4.64. The van der Waals surface area contributed by atoms with E-state index < -0.39 is 15.6 Å². The SMILES string of the molecule is CC(C)(C)CC(C)(C)c1ccc(OS(=O)(=O)C(F)(F)F)cc1. The zero-order valence-corrected chi connectivity index (χ0v) is 14.1. The summed E-state index contributed by atoms with van der Waals surface area (Å²) in [6.45, 7) is 10.4. The summed E-state index contributed by atoms with van der Waals surface area (Å²) in [6.07, 6.45) is 0.862. The van der Waals surface area contributed by atoms with Gasteiger partial charge in [0.25, 0.3) is 0 Å². The quantitative estimate of drug-likeness (QED) is 0.594. The molecule has 0 aliphatic rings. The molecule has 0 spiro atoms. The van der Waals surface area contributed by atoms with Gasteiger partial charge in [-0.1, -0.05) is 46.8 Å². The van der Waals surface area contributed by atoms with E-state index in [1.54, 1.807) is 12.1 Å². The second-order valence-electron chi connectivity index (χ2n) is 7.13. The van der Waals surface area contributed by atoms with Crippen LogP contribution in [0.15, 0.2) is 24.3 Å². The Morgan fingerprint density at radius 2 is 1.41 bits per heavy atom. The van der Waals surface area contributed by atoms with Crippen LogP contribution in [0.4, 0.5) is 13.2 Å².